The molecule has 0 aromatic carbocycles. The Hall–Kier alpha value is -3.07. The first-order valence-corrected chi connectivity index (χ1v) is 8.73. The van der Waals surface area contributed by atoms with Crippen molar-refractivity contribution in [3.8, 4) is 0 Å². The third kappa shape index (κ3) is 3.62. The van der Waals surface area contributed by atoms with Crippen LogP contribution in [0.15, 0.2) is 34.6 Å². The van der Waals surface area contributed by atoms with Crippen LogP contribution in [0.3, 0.4) is 0 Å². The van der Waals surface area contributed by atoms with Crippen molar-refractivity contribution in [2.45, 2.75) is 13.3 Å². The number of amides is 1. The Bertz CT molecular complexity index is 1040. The molecule has 0 fully saturated rings. The molecule has 3 aromatic heterocycles. The molecule has 3 heterocycles. The van der Waals surface area contributed by atoms with E-state index in [4.69, 9.17) is 4.74 Å². The number of anilines is 1. The minimum atomic E-state index is -0.562. The van der Waals surface area contributed by atoms with Gasteiger partial charge in [0.05, 0.1) is 18.7 Å². The van der Waals surface area contributed by atoms with Crippen molar-refractivity contribution in [3.05, 3.63) is 51.4 Å². The molecule has 8 nitrogen and oxygen atoms in total. The van der Waals surface area contributed by atoms with Gasteiger partial charge in [-0.05, 0) is 25.1 Å². The Balaban J connectivity index is 1.82. The van der Waals surface area contributed by atoms with Gasteiger partial charge < -0.3 is 4.74 Å². The monoisotopic (exact) mass is 372 g/mol. The summed E-state index contributed by atoms with van der Waals surface area (Å²) in [5.41, 5.74) is 0.548. The zero-order valence-corrected chi connectivity index (χ0v) is 15.0. The van der Waals surface area contributed by atoms with E-state index in [1.807, 2.05) is 0 Å². The van der Waals surface area contributed by atoms with E-state index in [1.54, 1.807) is 37.7 Å². The largest absolute Gasteiger partial charge is 0.466 e. The number of esters is 1. The van der Waals surface area contributed by atoms with Crippen LogP contribution in [0.5, 0.6) is 0 Å². The quantitative estimate of drug-likeness (QED) is 0.685. The summed E-state index contributed by atoms with van der Waals surface area (Å²) in [6, 6.07) is 5.02. The predicted molar refractivity (Wildman–Crippen MR) is 97.4 cm³/mol. The lowest BCUT2D eigenvalue weighted by atomic mass is 10.2. The van der Waals surface area contributed by atoms with Crippen LogP contribution in [0.2, 0.25) is 0 Å². The predicted octanol–water partition coefficient (Wildman–Crippen LogP) is 1.75. The number of hydrogen-bond donors (Lipinski definition) is 1. The smallest absolute Gasteiger partial charge is 0.311 e. The molecule has 0 bridgehead atoms. The SMILES string of the molecule is CCOC(=O)Cc1csc(NC(=O)c2cc3cccnc3n(C)c2=O)n1. The van der Waals surface area contributed by atoms with Gasteiger partial charge in [-0.2, -0.15) is 0 Å². The van der Waals surface area contributed by atoms with Crippen molar-refractivity contribution in [2.75, 3.05) is 11.9 Å². The van der Waals surface area contributed by atoms with Gasteiger partial charge in [0.25, 0.3) is 11.5 Å². The van der Waals surface area contributed by atoms with Crippen LogP contribution in [-0.2, 0) is 23.0 Å². The zero-order valence-electron chi connectivity index (χ0n) is 14.2. The molecule has 0 atom stereocenters. The molecule has 0 unspecified atom stereocenters. The molecule has 26 heavy (non-hydrogen) atoms. The topological polar surface area (TPSA) is 103 Å². The van der Waals surface area contributed by atoms with Gasteiger partial charge in [0.1, 0.15) is 11.2 Å². The first-order chi connectivity index (χ1) is 12.5. The number of pyridine rings is 2. The van der Waals surface area contributed by atoms with Gasteiger partial charge in [-0.15, -0.1) is 11.3 Å². The summed E-state index contributed by atoms with van der Waals surface area (Å²) in [5, 5.41) is 5.25. The van der Waals surface area contributed by atoms with E-state index in [2.05, 4.69) is 15.3 Å². The standard InChI is InChI=1S/C17H16N4O4S/c1-3-25-13(22)8-11-9-26-17(19-11)20-15(23)12-7-10-5-4-6-18-14(10)21(2)16(12)24/h4-7,9H,3,8H2,1-2H3,(H,19,20,23). The van der Waals surface area contributed by atoms with Crippen LogP contribution in [0, 0.1) is 0 Å². The first-order valence-electron chi connectivity index (χ1n) is 7.85. The lowest BCUT2D eigenvalue weighted by Crippen LogP contribution is -2.28. The molecule has 0 aliphatic heterocycles. The average Bonchev–Trinajstić information content (AvgIpc) is 3.05. The molecule has 0 radical (unpaired) electrons. The molecular formula is C17H16N4O4S. The van der Waals surface area contributed by atoms with E-state index < -0.39 is 11.5 Å². The fraction of sp³-hybridized carbons (Fsp3) is 0.235. The van der Waals surface area contributed by atoms with E-state index in [0.717, 1.165) is 0 Å². The van der Waals surface area contributed by atoms with Crippen molar-refractivity contribution < 1.29 is 14.3 Å². The second-order valence-corrected chi connectivity index (χ2v) is 6.28. The van der Waals surface area contributed by atoms with Crippen molar-refractivity contribution in [1.82, 2.24) is 14.5 Å². The van der Waals surface area contributed by atoms with E-state index in [-0.39, 0.29) is 18.0 Å². The summed E-state index contributed by atoms with van der Waals surface area (Å²) in [4.78, 5) is 44.7. The van der Waals surface area contributed by atoms with Gasteiger partial charge in [-0.1, -0.05) is 0 Å². The Labute approximate surface area is 152 Å². The number of fused-ring (bicyclic) bond motifs is 1. The highest BCUT2D eigenvalue weighted by molar-refractivity contribution is 7.14. The second kappa shape index (κ2) is 7.44. The molecule has 9 heteroatoms. The van der Waals surface area contributed by atoms with Gasteiger partial charge in [0.15, 0.2) is 5.13 Å². The molecule has 1 amide bonds. The van der Waals surface area contributed by atoms with E-state index in [0.29, 0.717) is 28.5 Å². The maximum atomic E-state index is 12.5. The highest BCUT2D eigenvalue weighted by atomic mass is 32.1. The number of ether oxygens (including phenoxy) is 1. The fourth-order valence-electron chi connectivity index (χ4n) is 2.43. The zero-order chi connectivity index (χ0) is 18.7. The van der Waals surface area contributed by atoms with Crippen molar-refractivity contribution >= 4 is 39.4 Å². The van der Waals surface area contributed by atoms with Crippen LogP contribution < -0.4 is 10.9 Å². The number of carbonyl (C=O) groups is 2. The van der Waals surface area contributed by atoms with Crippen molar-refractivity contribution in [1.29, 1.82) is 0 Å². The highest BCUT2D eigenvalue weighted by Gasteiger charge is 2.17. The molecule has 0 aliphatic carbocycles. The van der Waals surface area contributed by atoms with E-state index in [9.17, 15) is 14.4 Å². The number of hydrogen-bond acceptors (Lipinski definition) is 7. The van der Waals surface area contributed by atoms with Gasteiger partial charge in [0, 0.05) is 24.0 Å². The summed E-state index contributed by atoms with van der Waals surface area (Å²) in [6.45, 7) is 2.02. The number of nitrogens with zero attached hydrogens (tertiary/aromatic N) is 3. The molecular weight excluding hydrogens is 356 g/mol. The molecule has 0 aliphatic rings. The highest BCUT2D eigenvalue weighted by Crippen LogP contribution is 2.17. The van der Waals surface area contributed by atoms with Crippen LogP contribution >= 0.6 is 11.3 Å². The maximum Gasteiger partial charge on any atom is 0.311 e. The van der Waals surface area contributed by atoms with Crippen molar-refractivity contribution in [2.24, 2.45) is 7.05 Å². The average molecular weight is 372 g/mol. The number of thiazole rings is 1. The summed E-state index contributed by atoms with van der Waals surface area (Å²) >= 11 is 1.17. The lowest BCUT2D eigenvalue weighted by Gasteiger charge is -2.07. The molecule has 0 saturated carbocycles. The third-order valence-corrected chi connectivity index (χ3v) is 4.42. The first kappa shape index (κ1) is 17.7. The van der Waals surface area contributed by atoms with Crippen molar-refractivity contribution in [3.63, 3.8) is 0 Å². The second-order valence-electron chi connectivity index (χ2n) is 5.42. The van der Waals surface area contributed by atoms with Crippen LogP contribution in [0.25, 0.3) is 11.0 Å². The number of aryl methyl sites for hydroxylation is 1. The van der Waals surface area contributed by atoms with Gasteiger partial charge in [0.2, 0.25) is 0 Å². The van der Waals surface area contributed by atoms with E-state index in [1.165, 1.54) is 22.0 Å². The minimum Gasteiger partial charge on any atom is -0.466 e. The Morgan fingerprint density at radius 3 is 2.96 bits per heavy atom. The fourth-order valence-corrected chi connectivity index (χ4v) is 3.13. The minimum absolute atomic E-state index is 0.00450. The number of carbonyl (C=O) groups excluding carboxylic acids is 2. The van der Waals surface area contributed by atoms with Crippen LogP contribution in [0.1, 0.15) is 23.0 Å². The van der Waals surface area contributed by atoms with Gasteiger partial charge in [-0.3, -0.25) is 24.3 Å². The lowest BCUT2D eigenvalue weighted by molar-refractivity contribution is -0.142. The Kier molecular flexibility index (Phi) is 5.08. The maximum absolute atomic E-state index is 12.5. The molecule has 0 spiro atoms. The van der Waals surface area contributed by atoms with Crippen LogP contribution in [-0.4, -0.2) is 33.0 Å². The summed E-state index contributed by atoms with van der Waals surface area (Å²) in [7, 11) is 1.56. The normalized spacial score (nSPS) is 10.7. The molecule has 1 N–H and O–H groups in total. The Morgan fingerprint density at radius 2 is 2.19 bits per heavy atom. The summed E-state index contributed by atoms with van der Waals surface area (Å²) < 4.78 is 6.20. The van der Waals surface area contributed by atoms with Gasteiger partial charge in [-0.25, -0.2) is 9.97 Å². The molecule has 3 aromatic rings. The van der Waals surface area contributed by atoms with Gasteiger partial charge >= 0.3 is 5.97 Å². The number of rotatable bonds is 5. The molecule has 134 valence electrons. The van der Waals surface area contributed by atoms with Crippen LogP contribution in [0.4, 0.5) is 5.13 Å². The Morgan fingerprint density at radius 1 is 1.38 bits per heavy atom. The molecule has 3 rings (SSSR count). The third-order valence-electron chi connectivity index (χ3n) is 3.62. The summed E-state index contributed by atoms with van der Waals surface area (Å²) in [6.07, 6.45) is 1.62. The number of nitrogens with one attached hydrogen (secondary N) is 1. The molecule has 0 saturated heterocycles. The number of aromatic nitrogens is 3. The van der Waals surface area contributed by atoms with E-state index >= 15 is 0 Å². The summed E-state index contributed by atoms with van der Waals surface area (Å²) in [5.74, 6) is -0.944.